The molecule has 29 heavy (non-hydrogen) atoms. The molecule has 0 radical (unpaired) electrons. The van der Waals surface area contributed by atoms with Gasteiger partial charge in [-0.05, 0) is 31.2 Å². The number of aromatic nitrogens is 1. The smallest absolute Gasteiger partial charge is 0.251 e. The zero-order chi connectivity index (χ0) is 20.4. The van der Waals surface area contributed by atoms with Crippen molar-refractivity contribution in [1.29, 1.82) is 0 Å². The summed E-state index contributed by atoms with van der Waals surface area (Å²) in [5.41, 5.74) is 1.07. The molecule has 2 saturated heterocycles. The van der Waals surface area contributed by atoms with Crippen LogP contribution in [0.2, 0.25) is 0 Å². The molecule has 4 heterocycles. The molecule has 2 fully saturated rings. The van der Waals surface area contributed by atoms with E-state index in [9.17, 15) is 14.4 Å². The van der Waals surface area contributed by atoms with Crippen molar-refractivity contribution in [1.82, 2.24) is 20.1 Å². The molecule has 0 aromatic carbocycles. The van der Waals surface area contributed by atoms with Crippen LogP contribution in [0.1, 0.15) is 43.3 Å². The fraction of sp³-hybridized carbons (Fsp3) is 0.667. The minimum Gasteiger partial charge on any atom is -0.385 e. The molecule has 0 aliphatic carbocycles. The first kappa shape index (κ1) is 20.1. The summed E-state index contributed by atoms with van der Waals surface area (Å²) in [6, 6.07) is 4.96. The van der Waals surface area contributed by atoms with Gasteiger partial charge in [-0.3, -0.25) is 14.4 Å². The van der Waals surface area contributed by atoms with Crippen LogP contribution in [0.4, 0.5) is 0 Å². The molecule has 1 aromatic rings. The molecular formula is C21H30N4O4. The minimum atomic E-state index is -0.456. The number of hydrogen-bond donors (Lipinski definition) is 2. The second kappa shape index (κ2) is 8.67. The van der Waals surface area contributed by atoms with Crippen LogP contribution in [0.25, 0.3) is 0 Å². The average molecular weight is 402 g/mol. The molecule has 2 bridgehead atoms. The van der Waals surface area contributed by atoms with Crippen LogP contribution >= 0.6 is 0 Å². The summed E-state index contributed by atoms with van der Waals surface area (Å²) < 4.78 is 7.09. The van der Waals surface area contributed by atoms with Crippen molar-refractivity contribution in [2.75, 3.05) is 39.9 Å². The van der Waals surface area contributed by atoms with Gasteiger partial charge in [0.25, 0.3) is 5.56 Å². The number of methoxy groups -OCH3 is 1. The highest BCUT2D eigenvalue weighted by atomic mass is 16.5. The van der Waals surface area contributed by atoms with E-state index >= 15 is 0 Å². The standard InChI is InChI=1S/C21H30N4O4/c1-29-9-3-8-24-12-14-10-15(13-24)18(25-17(14)4-2-5-20(25)27)11-22-21(28)16-6-7-19(26)23-16/h2,4-5,14-16,18H,3,6-13H2,1H3,(H,22,28)(H,23,26)/t14-,15+,16-,18+/m1/s1. The van der Waals surface area contributed by atoms with Gasteiger partial charge < -0.3 is 24.8 Å². The molecule has 0 spiro atoms. The number of nitrogens with zero attached hydrogens (tertiary/aromatic N) is 2. The molecule has 1 aromatic heterocycles. The molecule has 0 saturated carbocycles. The summed E-state index contributed by atoms with van der Waals surface area (Å²) in [5, 5.41) is 5.71. The highest BCUT2D eigenvalue weighted by Gasteiger charge is 2.40. The lowest BCUT2D eigenvalue weighted by Crippen LogP contribution is -2.53. The quantitative estimate of drug-likeness (QED) is 0.638. The van der Waals surface area contributed by atoms with E-state index in [4.69, 9.17) is 4.74 Å². The Morgan fingerprint density at radius 3 is 2.93 bits per heavy atom. The summed E-state index contributed by atoms with van der Waals surface area (Å²) in [6.45, 7) is 4.00. The van der Waals surface area contributed by atoms with Crippen molar-refractivity contribution in [3.63, 3.8) is 0 Å². The Hall–Kier alpha value is -2.19. The normalized spacial score (nSPS) is 28.7. The zero-order valence-electron chi connectivity index (χ0n) is 16.9. The van der Waals surface area contributed by atoms with Gasteiger partial charge >= 0.3 is 0 Å². The van der Waals surface area contributed by atoms with Crippen LogP contribution < -0.4 is 16.2 Å². The first-order valence-corrected chi connectivity index (χ1v) is 10.6. The van der Waals surface area contributed by atoms with Crippen LogP contribution in [0.3, 0.4) is 0 Å². The third-order valence-corrected chi connectivity index (χ3v) is 6.49. The summed E-state index contributed by atoms with van der Waals surface area (Å²) in [5.74, 6) is 0.413. The molecule has 4 atom stereocenters. The minimum absolute atomic E-state index is 0.00143. The average Bonchev–Trinajstić information content (AvgIpc) is 3.15. The number of hydrogen-bond acceptors (Lipinski definition) is 5. The molecule has 158 valence electrons. The lowest BCUT2D eigenvalue weighted by Gasteiger charge is -2.47. The highest BCUT2D eigenvalue weighted by molar-refractivity contribution is 5.90. The number of pyridine rings is 1. The Labute approximate surface area is 170 Å². The number of carbonyl (C=O) groups excluding carboxylic acids is 2. The lowest BCUT2D eigenvalue weighted by atomic mass is 9.78. The van der Waals surface area contributed by atoms with Gasteiger partial charge in [0.15, 0.2) is 0 Å². The van der Waals surface area contributed by atoms with Gasteiger partial charge in [0, 0.05) is 64.0 Å². The Morgan fingerprint density at radius 1 is 1.31 bits per heavy atom. The van der Waals surface area contributed by atoms with Gasteiger partial charge in [0.05, 0.1) is 6.04 Å². The highest BCUT2D eigenvalue weighted by Crippen LogP contribution is 2.40. The van der Waals surface area contributed by atoms with Gasteiger partial charge in [0.1, 0.15) is 6.04 Å². The fourth-order valence-electron chi connectivity index (χ4n) is 5.15. The van der Waals surface area contributed by atoms with E-state index in [1.807, 2.05) is 16.7 Å². The van der Waals surface area contributed by atoms with Gasteiger partial charge in [-0.15, -0.1) is 0 Å². The van der Waals surface area contributed by atoms with E-state index in [-0.39, 0.29) is 23.4 Å². The molecule has 8 nitrogen and oxygen atoms in total. The first-order chi connectivity index (χ1) is 14.1. The number of nitrogens with one attached hydrogen (secondary N) is 2. The SMILES string of the molecule is COCCCN1C[C@H]2C[C@@H](C1)[C@H](CNC(=O)[C@H]1CCC(=O)N1)n1c2cccc1=O. The Kier molecular flexibility index (Phi) is 6.01. The Balaban J connectivity index is 1.50. The zero-order valence-corrected chi connectivity index (χ0v) is 16.9. The molecule has 3 aliphatic rings. The summed E-state index contributed by atoms with van der Waals surface area (Å²) >= 11 is 0. The Bertz CT molecular complexity index is 823. The van der Waals surface area contributed by atoms with E-state index in [0.29, 0.717) is 31.2 Å². The maximum atomic E-state index is 12.7. The molecule has 2 N–H and O–H groups in total. The van der Waals surface area contributed by atoms with E-state index in [1.165, 1.54) is 0 Å². The molecule has 4 rings (SSSR count). The van der Waals surface area contributed by atoms with Crippen LogP contribution in [0, 0.1) is 5.92 Å². The van der Waals surface area contributed by atoms with E-state index in [0.717, 1.165) is 44.8 Å². The largest absolute Gasteiger partial charge is 0.385 e. The predicted octanol–water partition coefficient (Wildman–Crippen LogP) is 0.240. The summed E-state index contributed by atoms with van der Waals surface area (Å²) in [4.78, 5) is 39.1. The summed E-state index contributed by atoms with van der Waals surface area (Å²) in [7, 11) is 1.72. The van der Waals surface area contributed by atoms with Crippen molar-refractivity contribution in [3.05, 3.63) is 34.2 Å². The van der Waals surface area contributed by atoms with Crippen molar-refractivity contribution < 1.29 is 14.3 Å². The fourth-order valence-corrected chi connectivity index (χ4v) is 5.15. The molecule has 0 unspecified atom stereocenters. The van der Waals surface area contributed by atoms with Crippen molar-refractivity contribution in [3.8, 4) is 0 Å². The van der Waals surface area contributed by atoms with Crippen LogP contribution in [0.5, 0.6) is 0 Å². The van der Waals surface area contributed by atoms with Gasteiger partial charge in [-0.2, -0.15) is 0 Å². The maximum absolute atomic E-state index is 12.7. The van der Waals surface area contributed by atoms with Crippen LogP contribution in [0.15, 0.2) is 23.0 Å². The number of piperidine rings is 1. The van der Waals surface area contributed by atoms with E-state index in [1.54, 1.807) is 13.2 Å². The Morgan fingerprint density at radius 2 is 2.17 bits per heavy atom. The van der Waals surface area contributed by atoms with Crippen LogP contribution in [-0.4, -0.2) is 67.2 Å². The second-order valence-corrected chi connectivity index (χ2v) is 8.43. The van der Waals surface area contributed by atoms with Crippen molar-refractivity contribution in [2.45, 2.75) is 43.7 Å². The van der Waals surface area contributed by atoms with Crippen LogP contribution in [-0.2, 0) is 14.3 Å². The first-order valence-electron chi connectivity index (χ1n) is 10.6. The number of carbonyl (C=O) groups is 2. The third-order valence-electron chi connectivity index (χ3n) is 6.49. The number of fused-ring (bicyclic) bond motifs is 4. The topological polar surface area (TPSA) is 92.7 Å². The summed E-state index contributed by atoms with van der Waals surface area (Å²) in [6.07, 6.45) is 2.94. The van der Waals surface area contributed by atoms with Gasteiger partial charge in [-0.25, -0.2) is 0 Å². The van der Waals surface area contributed by atoms with E-state index < -0.39 is 6.04 Å². The maximum Gasteiger partial charge on any atom is 0.251 e. The lowest BCUT2D eigenvalue weighted by molar-refractivity contribution is -0.126. The van der Waals surface area contributed by atoms with Crippen molar-refractivity contribution in [2.24, 2.45) is 5.92 Å². The van der Waals surface area contributed by atoms with Gasteiger partial charge in [0.2, 0.25) is 11.8 Å². The number of likely N-dealkylation sites (tertiary alicyclic amines) is 1. The number of ether oxygens (including phenoxy) is 1. The molecule has 2 amide bonds. The predicted molar refractivity (Wildman–Crippen MR) is 108 cm³/mol. The molecule has 3 aliphatic heterocycles. The molecule has 8 heteroatoms. The van der Waals surface area contributed by atoms with E-state index in [2.05, 4.69) is 15.5 Å². The monoisotopic (exact) mass is 402 g/mol. The second-order valence-electron chi connectivity index (χ2n) is 8.43. The van der Waals surface area contributed by atoms with Crippen molar-refractivity contribution >= 4 is 11.8 Å². The number of amides is 2. The molecular weight excluding hydrogens is 372 g/mol. The van der Waals surface area contributed by atoms with Gasteiger partial charge in [-0.1, -0.05) is 6.07 Å². The third kappa shape index (κ3) is 4.23. The number of rotatable bonds is 7.